The van der Waals surface area contributed by atoms with Gasteiger partial charge >= 0.3 is 0 Å². The van der Waals surface area contributed by atoms with Gasteiger partial charge in [0.15, 0.2) is 0 Å². The number of halogens is 1. The van der Waals surface area contributed by atoms with E-state index < -0.39 is 0 Å². The van der Waals surface area contributed by atoms with Crippen LogP contribution in [0.3, 0.4) is 0 Å². The van der Waals surface area contributed by atoms with Crippen molar-refractivity contribution in [3.05, 3.63) is 28.8 Å². The monoisotopic (exact) mass is 257 g/mol. The SMILES string of the molecule is COC(C)(C)CCOCc1cc(Cl)ccc1N. The highest BCUT2D eigenvalue weighted by atomic mass is 35.5. The van der Waals surface area contributed by atoms with Gasteiger partial charge in [-0.2, -0.15) is 0 Å². The minimum atomic E-state index is -0.153. The standard InChI is InChI=1S/C13H20ClNO2/c1-13(2,16-3)6-7-17-9-10-8-11(14)4-5-12(10)15/h4-5,8H,6-7,9,15H2,1-3H3. The Hall–Kier alpha value is -0.770. The number of ether oxygens (including phenoxy) is 2. The summed E-state index contributed by atoms with van der Waals surface area (Å²) in [5.41, 5.74) is 7.30. The van der Waals surface area contributed by atoms with Crippen molar-refractivity contribution in [1.29, 1.82) is 0 Å². The molecule has 0 aliphatic heterocycles. The second kappa shape index (κ2) is 6.24. The minimum absolute atomic E-state index is 0.153. The maximum Gasteiger partial charge on any atom is 0.0737 e. The summed E-state index contributed by atoms with van der Waals surface area (Å²) in [6.45, 7) is 5.17. The van der Waals surface area contributed by atoms with Crippen LogP contribution in [0.2, 0.25) is 5.02 Å². The normalized spacial score (nSPS) is 11.8. The second-order valence-corrected chi connectivity index (χ2v) is 5.05. The number of benzene rings is 1. The van der Waals surface area contributed by atoms with Gasteiger partial charge in [-0.25, -0.2) is 0 Å². The third-order valence-electron chi connectivity index (χ3n) is 2.76. The Morgan fingerprint density at radius 3 is 2.71 bits per heavy atom. The van der Waals surface area contributed by atoms with E-state index in [2.05, 4.69) is 0 Å². The van der Waals surface area contributed by atoms with E-state index in [1.54, 1.807) is 19.2 Å². The largest absolute Gasteiger partial charge is 0.398 e. The highest BCUT2D eigenvalue weighted by Gasteiger charge is 2.15. The summed E-state index contributed by atoms with van der Waals surface area (Å²) in [6, 6.07) is 5.40. The molecular weight excluding hydrogens is 238 g/mol. The molecule has 0 saturated heterocycles. The lowest BCUT2D eigenvalue weighted by Gasteiger charge is -2.22. The smallest absolute Gasteiger partial charge is 0.0737 e. The summed E-state index contributed by atoms with van der Waals surface area (Å²) in [5.74, 6) is 0. The topological polar surface area (TPSA) is 44.5 Å². The zero-order valence-electron chi connectivity index (χ0n) is 10.6. The van der Waals surface area contributed by atoms with Crippen LogP contribution in [-0.4, -0.2) is 19.3 Å². The van der Waals surface area contributed by atoms with Gasteiger partial charge in [0.1, 0.15) is 0 Å². The van der Waals surface area contributed by atoms with Gasteiger partial charge in [-0.15, -0.1) is 0 Å². The Morgan fingerprint density at radius 1 is 1.35 bits per heavy atom. The first-order chi connectivity index (χ1) is 7.94. The number of rotatable bonds is 6. The number of nitrogen functional groups attached to an aromatic ring is 1. The molecule has 1 aromatic carbocycles. The van der Waals surface area contributed by atoms with E-state index in [4.69, 9.17) is 26.8 Å². The maximum absolute atomic E-state index is 5.89. The molecule has 0 aliphatic rings. The van der Waals surface area contributed by atoms with E-state index in [1.807, 2.05) is 19.9 Å². The van der Waals surface area contributed by atoms with Crippen molar-refractivity contribution in [2.75, 3.05) is 19.5 Å². The molecule has 0 bridgehead atoms. The van der Waals surface area contributed by atoms with E-state index in [0.29, 0.717) is 23.9 Å². The van der Waals surface area contributed by atoms with Crippen LogP contribution in [-0.2, 0) is 16.1 Å². The van der Waals surface area contributed by atoms with Crippen LogP contribution in [0.15, 0.2) is 18.2 Å². The zero-order chi connectivity index (χ0) is 12.9. The van der Waals surface area contributed by atoms with E-state index >= 15 is 0 Å². The lowest BCUT2D eigenvalue weighted by Crippen LogP contribution is -2.24. The van der Waals surface area contributed by atoms with E-state index in [0.717, 1.165) is 12.0 Å². The fourth-order valence-corrected chi connectivity index (χ4v) is 1.50. The molecular formula is C13H20ClNO2. The van der Waals surface area contributed by atoms with Gasteiger partial charge in [0.2, 0.25) is 0 Å². The highest BCUT2D eigenvalue weighted by Crippen LogP contribution is 2.19. The first-order valence-electron chi connectivity index (χ1n) is 5.61. The lowest BCUT2D eigenvalue weighted by molar-refractivity contribution is -0.0123. The van der Waals surface area contributed by atoms with Crippen molar-refractivity contribution in [2.24, 2.45) is 0 Å². The van der Waals surface area contributed by atoms with Crippen LogP contribution in [0.4, 0.5) is 5.69 Å². The lowest BCUT2D eigenvalue weighted by atomic mass is 10.1. The summed E-state index contributed by atoms with van der Waals surface area (Å²) in [5, 5.41) is 0.676. The van der Waals surface area contributed by atoms with E-state index in [-0.39, 0.29) is 5.60 Å². The Morgan fingerprint density at radius 2 is 2.06 bits per heavy atom. The molecule has 0 heterocycles. The molecule has 0 radical (unpaired) electrons. The van der Waals surface area contributed by atoms with Gasteiger partial charge in [-0.05, 0) is 38.5 Å². The van der Waals surface area contributed by atoms with Crippen LogP contribution in [0, 0.1) is 0 Å². The summed E-state index contributed by atoms with van der Waals surface area (Å²) >= 11 is 5.89. The summed E-state index contributed by atoms with van der Waals surface area (Å²) in [7, 11) is 1.70. The second-order valence-electron chi connectivity index (χ2n) is 4.61. The van der Waals surface area contributed by atoms with Crippen molar-refractivity contribution in [3.8, 4) is 0 Å². The molecule has 0 fully saturated rings. The molecule has 4 heteroatoms. The van der Waals surface area contributed by atoms with Crippen molar-refractivity contribution in [3.63, 3.8) is 0 Å². The van der Waals surface area contributed by atoms with E-state index in [9.17, 15) is 0 Å². The molecule has 2 N–H and O–H groups in total. The molecule has 0 saturated carbocycles. The predicted molar refractivity (Wildman–Crippen MR) is 71.2 cm³/mol. The van der Waals surface area contributed by atoms with Crippen molar-refractivity contribution < 1.29 is 9.47 Å². The average Bonchev–Trinajstić information content (AvgIpc) is 2.29. The average molecular weight is 258 g/mol. The Bertz CT molecular complexity index is 366. The quantitative estimate of drug-likeness (QED) is 0.628. The molecule has 0 amide bonds. The van der Waals surface area contributed by atoms with Crippen molar-refractivity contribution in [1.82, 2.24) is 0 Å². The number of nitrogens with two attached hydrogens (primary N) is 1. The fraction of sp³-hybridized carbons (Fsp3) is 0.538. The molecule has 0 spiro atoms. The first-order valence-corrected chi connectivity index (χ1v) is 5.99. The van der Waals surface area contributed by atoms with Gasteiger partial charge < -0.3 is 15.2 Å². The zero-order valence-corrected chi connectivity index (χ0v) is 11.4. The van der Waals surface area contributed by atoms with Gasteiger partial charge in [0.05, 0.1) is 12.2 Å². The van der Waals surface area contributed by atoms with Crippen LogP contribution >= 0.6 is 11.6 Å². The Labute approximate surface area is 108 Å². The number of methoxy groups -OCH3 is 1. The molecule has 3 nitrogen and oxygen atoms in total. The highest BCUT2D eigenvalue weighted by molar-refractivity contribution is 6.30. The molecule has 1 rings (SSSR count). The van der Waals surface area contributed by atoms with Gasteiger partial charge in [-0.3, -0.25) is 0 Å². The molecule has 17 heavy (non-hydrogen) atoms. The van der Waals surface area contributed by atoms with Crippen LogP contribution in [0.25, 0.3) is 0 Å². The number of hydrogen-bond acceptors (Lipinski definition) is 3. The minimum Gasteiger partial charge on any atom is -0.398 e. The third kappa shape index (κ3) is 4.94. The van der Waals surface area contributed by atoms with Crippen molar-refractivity contribution in [2.45, 2.75) is 32.5 Å². The van der Waals surface area contributed by atoms with Crippen LogP contribution < -0.4 is 5.73 Å². The molecule has 1 aromatic rings. The molecule has 0 aliphatic carbocycles. The van der Waals surface area contributed by atoms with Gasteiger partial charge in [0.25, 0.3) is 0 Å². The van der Waals surface area contributed by atoms with Crippen LogP contribution in [0.1, 0.15) is 25.8 Å². The maximum atomic E-state index is 5.89. The summed E-state index contributed by atoms with van der Waals surface area (Å²) < 4.78 is 10.9. The predicted octanol–water partition coefficient (Wildman–Crippen LogP) is 3.25. The fourth-order valence-electron chi connectivity index (χ4n) is 1.30. The van der Waals surface area contributed by atoms with Gasteiger partial charge in [0, 0.05) is 30.0 Å². The Balaban J connectivity index is 2.38. The van der Waals surface area contributed by atoms with E-state index in [1.165, 1.54) is 0 Å². The number of anilines is 1. The molecule has 0 aromatic heterocycles. The third-order valence-corrected chi connectivity index (χ3v) is 3.00. The first kappa shape index (κ1) is 14.3. The number of hydrogen-bond donors (Lipinski definition) is 1. The van der Waals surface area contributed by atoms with Gasteiger partial charge in [-0.1, -0.05) is 11.6 Å². The van der Waals surface area contributed by atoms with Crippen molar-refractivity contribution >= 4 is 17.3 Å². The molecule has 0 unspecified atom stereocenters. The molecule has 0 atom stereocenters. The molecule has 96 valence electrons. The summed E-state index contributed by atoms with van der Waals surface area (Å²) in [6.07, 6.45) is 0.837. The Kier molecular flexibility index (Phi) is 5.25. The summed E-state index contributed by atoms with van der Waals surface area (Å²) in [4.78, 5) is 0. The van der Waals surface area contributed by atoms with Crippen LogP contribution in [0.5, 0.6) is 0 Å².